The number of morpholine rings is 1. The normalized spacial score (nSPS) is 13.8. The molecule has 3 aromatic heterocycles. The van der Waals surface area contributed by atoms with Gasteiger partial charge in [0, 0.05) is 67.2 Å². The van der Waals surface area contributed by atoms with E-state index in [1.807, 2.05) is 65.5 Å². The lowest BCUT2D eigenvalue weighted by atomic mass is 10.1. The van der Waals surface area contributed by atoms with E-state index in [0.717, 1.165) is 47.0 Å². The molecule has 0 saturated carbocycles. The highest BCUT2D eigenvalue weighted by atomic mass is 16.5. The van der Waals surface area contributed by atoms with Crippen molar-refractivity contribution in [3.63, 3.8) is 0 Å². The number of nitrogens with zero attached hydrogens (tertiary/aromatic N) is 5. The summed E-state index contributed by atoms with van der Waals surface area (Å²) in [5, 5.41) is 7.74. The molecule has 8 nitrogen and oxygen atoms in total. The first kappa shape index (κ1) is 22.5. The van der Waals surface area contributed by atoms with Gasteiger partial charge in [0.05, 0.1) is 18.9 Å². The van der Waals surface area contributed by atoms with Gasteiger partial charge < -0.3 is 15.0 Å². The Morgan fingerprint density at radius 1 is 1.03 bits per heavy atom. The molecular formula is C27H26N6O2. The molecule has 0 atom stereocenters. The quantitative estimate of drug-likeness (QED) is 0.420. The van der Waals surface area contributed by atoms with Crippen LogP contribution in [0.5, 0.6) is 0 Å². The number of benzene rings is 1. The van der Waals surface area contributed by atoms with Crippen LogP contribution < -0.4 is 10.2 Å². The van der Waals surface area contributed by atoms with Crippen LogP contribution in [-0.4, -0.2) is 52.0 Å². The van der Waals surface area contributed by atoms with E-state index in [1.54, 1.807) is 24.7 Å². The van der Waals surface area contributed by atoms with E-state index in [-0.39, 0.29) is 5.91 Å². The Bertz CT molecular complexity index is 1300. The third-order valence-corrected chi connectivity index (χ3v) is 5.74. The van der Waals surface area contributed by atoms with Crippen LogP contribution in [0, 0.1) is 0 Å². The van der Waals surface area contributed by atoms with Gasteiger partial charge in [0.25, 0.3) is 0 Å². The van der Waals surface area contributed by atoms with E-state index in [4.69, 9.17) is 9.84 Å². The van der Waals surface area contributed by atoms with Gasteiger partial charge in [0.2, 0.25) is 5.91 Å². The van der Waals surface area contributed by atoms with Gasteiger partial charge in [-0.2, -0.15) is 5.10 Å². The summed E-state index contributed by atoms with van der Waals surface area (Å²) in [4.78, 5) is 23.7. The Hall–Kier alpha value is -4.30. The van der Waals surface area contributed by atoms with E-state index in [9.17, 15) is 4.79 Å². The van der Waals surface area contributed by atoms with Crippen LogP contribution in [0.25, 0.3) is 23.0 Å². The number of carbonyl (C=O) groups is 1. The zero-order valence-electron chi connectivity index (χ0n) is 19.2. The molecule has 8 heteroatoms. The van der Waals surface area contributed by atoms with Crippen LogP contribution in [0.1, 0.15) is 11.1 Å². The Kier molecular flexibility index (Phi) is 6.91. The highest BCUT2D eigenvalue weighted by Gasteiger charge is 2.16. The Labute approximate surface area is 203 Å². The molecule has 5 rings (SSSR count). The van der Waals surface area contributed by atoms with E-state index in [0.29, 0.717) is 19.8 Å². The maximum atomic E-state index is 12.7. The van der Waals surface area contributed by atoms with Gasteiger partial charge in [-0.15, -0.1) is 0 Å². The van der Waals surface area contributed by atoms with Crippen LogP contribution in [0.15, 0.2) is 85.5 Å². The van der Waals surface area contributed by atoms with E-state index < -0.39 is 0 Å². The maximum absolute atomic E-state index is 12.7. The van der Waals surface area contributed by atoms with Gasteiger partial charge in [0.15, 0.2) is 0 Å². The molecule has 1 amide bonds. The van der Waals surface area contributed by atoms with Gasteiger partial charge >= 0.3 is 0 Å². The second-order valence-electron chi connectivity index (χ2n) is 8.09. The SMILES string of the molecule is O=C(/C=C/c1cn(-c2ccccc2)nc1-c1cccnc1)NCc1cccnc1N1CCOCC1. The molecule has 1 aromatic carbocycles. The molecule has 0 radical (unpaired) electrons. The minimum Gasteiger partial charge on any atom is -0.378 e. The molecule has 1 fully saturated rings. The molecule has 176 valence electrons. The average Bonchev–Trinajstić information content (AvgIpc) is 3.37. The maximum Gasteiger partial charge on any atom is 0.244 e. The Morgan fingerprint density at radius 2 is 1.86 bits per heavy atom. The number of hydrogen-bond donors (Lipinski definition) is 1. The third-order valence-electron chi connectivity index (χ3n) is 5.74. The van der Waals surface area contributed by atoms with Gasteiger partial charge in [-0.05, 0) is 36.4 Å². The van der Waals surface area contributed by atoms with Crippen molar-refractivity contribution in [2.75, 3.05) is 31.2 Å². The van der Waals surface area contributed by atoms with Crippen molar-refractivity contribution in [1.82, 2.24) is 25.1 Å². The Balaban J connectivity index is 1.33. The average molecular weight is 467 g/mol. The zero-order valence-corrected chi connectivity index (χ0v) is 19.2. The largest absolute Gasteiger partial charge is 0.378 e. The first-order chi connectivity index (χ1) is 17.3. The van der Waals surface area contributed by atoms with Crippen LogP contribution in [-0.2, 0) is 16.1 Å². The minimum absolute atomic E-state index is 0.189. The van der Waals surface area contributed by atoms with Crippen molar-refractivity contribution in [2.24, 2.45) is 0 Å². The van der Waals surface area contributed by atoms with Crippen molar-refractivity contribution in [3.05, 3.63) is 96.6 Å². The molecule has 0 bridgehead atoms. The molecule has 4 heterocycles. The molecular weight excluding hydrogens is 440 g/mol. The summed E-state index contributed by atoms with van der Waals surface area (Å²) in [6.45, 7) is 3.34. The van der Waals surface area contributed by atoms with Gasteiger partial charge in [0.1, 0.15) is 11.5 Å². The smallest absolute Gasteiger partial charge is 0.244 e. The van der Waals surface area contributed by atoms with Crippen molar-refractivity contribution in [2.45, 2.75) is 6.54 Å². The number of anilines is 1. The topological polar surface area (TPSA) is 85.2 Å². The predicted octanol–water partition coefficient (Wildman–Crippen LogP) is 3.50. The number of pyridine rings is 2. The van der Waals surface area contributed by atoms with Gasteiger partial charge in [-0.25, -0.2) is 9.67 Å². The summed E-state index contributed by atoms with van der Waals surface area (Å²) in [5.41, 5.74) is 4.38. The second-order valence-corrected chi connectivity index (χ2v) is 8.09. The zero-order chi connectivity index (χ0) is 23.9. The highest BCUT2D eigenvalue weighted by molar-refractivity contribution is 5.92. The van der Waals surface area contributed by atoms with Gasteiger partial charge in [-0.1, -0.05) is 24.3 Å². The monoisotopic (exact) mass is 466 g/mol. The lowest BCUT2D eigenvalue weighted by Gasteiger charge is -2.29. The first-order valence-corrected chi connectivity index (χ1v) is 11.6. The predicted molar refractivity (Wildman–Crippen MR) is 135 cm³/mol. The van der Waals surface area contributed by atoms with Crippen molar-refractivity contribution < 1.29 is 9.53 Å². The lowest BCUT2D eigenvalue weighted by molar-refractivity contribution is -0.116. The molecule has 0 spiro atoms. The summed E-state index contributed by atoms with van der Waals surface area (Å²) >= 11 is 0. The van der Waals surface area contributed by atoms with E-state index in [2.05, 4.69) is 20.2 Å². The van der Waals surface area contributed by atoms with Crippen LogP contribution in [0.3, 0.4) is 0 Å². The van der Waals surface area contributed by atoms with Crippen molar-refractivity contribution >= 4 is 17.8 Å². The molecule has 1 saturated heterocycles. The fourth-order valence-corrected chi connectivity index (χ4v) is 3.98. The summed E-state index contributed by atoms with van der Waals surface area (Å²) in [6.07, 6.45) is 10.5. The number of aromatic nitrogens is 4. The summed E-state index contributed by atoms with van der Waals surface area (Å²) in [5.74, 6) is 0.703. The second kappa shape index (κ2) is 10.8. The Morgan fingerprint density at radius 3 is 2.66 bits per heavy atom. The first-order valence-electron chi connectivity index (χ1n) is 11.6. The summed E-state index contributed by atoms with van der Waals surface area (Å²) in [6, 6.07) is 17.6. The molecule has 0 aliphatic carbocycles. The van der Waals surface area contributed by atoms with Crippen molar-refractivity contribution in [3.8, 4) is 16.9 Å². The van der Waals surface area contributed by atoms with Crippen LogP contribution >= 0.6 is 0 Å². The van der Waals surface area contributed by atoms with Crippen LogP contribution in [0.4, 0.5) is 5.82 Å². The molecule has 1 N–H and O–H groups in total. The number of para-hydroxylation sites is 1. The number of nitrogens with one attached hydrogen (secondary N) is 1. The summed E-state index contributed by atoms with van der Waals surface area (Å²) in [7, 11) is 0. The van der Waals surface area contributed by atoms with Crippen LogP contribution in [0.2, 0.25) is 0 Å². The molecule has 35 heavy (non-hydrogen) atoms. The number of hydrogen-bond acceptors (Lipinski definition) is 6. The van der Waals surface area contributed by atoms with Crippen molar-refractivity contribution in [1.29, 1.82) is 0 Å². The van der Waals surface area contributed by atoms with E-state index in [1.165, 1.54) is 6.08 Å². The fourth-order valence-electron chi connectivity index (χ4n) is 3.98. The highest BCUT2D eigenvalue weighted by Crippen LogP contribution is 2.24. The number of ether oxygens (including phenoxy) is 1. The molecule has 0 unspecified atom stereocenters. The standard InChI is InChI=1S/C27H26N6O2/c34-25(30-19-22-7-5-13-29-27(22)32-14-16-35-17-15-32)11-10-23-20-33(24-8-2-1-3-9-24)31-26(23)21-6-4-12-28-18-21/h1-13,18,20H,14-17,19H2,(H,30,34)/b11-10+. The van der Waals surface area contributed by atoms with E-state index >= 15 is 0 Å². The molecule has 1 aliphatic heterocycles. The molecule has 1 aliphatic rings. The number of rotatable bonds is 7. The number of carbonyl (C=O) groups excluding carboxylic acids is 1. The fraction of sp³-hybridized carbons (Fsp3) is 0.185. The molecule has 4 aromatic rings. The minimum atomic E-state index is -0.189. The summed E-state index contributed by atoms with van der Waals surface area (Å²) < 4.78 is 7.26. The number of amides is 1. The van der Waals surface area contributed by atoms with Gasteiger partial charge in [-0.3, -0.25) is 9.78 Å². The lowest BCUT2D eigenvalue weighted by Crippen LogP contribution is -2.37. The third kappa shape index (κ3) is 5.44.